The summed E-state index contributed by atoms with van der Waals surface area (Å²) in [6.45, 7) is 3.28. The maximum Gasteiger partial charge on any atom is 0.253 e. The summed E-state index contributed by atoms with van der Waals surface area (Å²) < 4.78 is 17.1. The molecule has 1 aliphatic rings. The molecule has 28 heavy (non-hydrogen) atoms. The topological polar surface area (TPSA) is 60.0 Å². The molecule has 6 nitrogen and oxygen atoms in total. The van der Waals surface area contributed by atoms with E-state index in [2.05, 4.69) is 10.2 Å². The minimum atomic E-state index is -0.244. The highest BCUT2D eigenvalue weighted by Gasteiger charge is 2.25. The number of thiophene rings is 1. The minimum absolute atomic E-state index is 0.0412. The van der Waals surface area contributed by atoms with E-state index in [1.54, 1.807) is 20.3 Å². The summed E-state index contributed by atoms with van der Waals surface area (Å²) in [5.41, 5.74) is 1.42. The van der Waals surface area contributed by atoms with Crippen molar-refractivity contribution in [3.8, 4) is 11.5 Å². The van der Waals surface area contributed by atoms with Crippen LogP contribution in [0, 0.1) is 0 Å². The molecule has 0 saturated carbocycles. The monoisotopic (exact) mass is 444 g/mol. The number of methoxy groups -OCH3 is 2. The van der Waals surface area contributed by atoms with Crippen molar-refractivity contribution in [1.29, 1.82) is 0 Å². The highest BCUT2D eigenvalue weighted by Crippen LogP contribution is 2.33. The van der Waals surface area contributed by atoms with Crippen LogP contribution in [0.2, 0.25) is 8.67 Å². The standard InChI is InChI=1S/C19H22Cl2N2O4S/c1-25-15-4-3-12(9-16(15)26-2)14(23-5-7-27-8-6-23)11-22-19(24)13-10-17(20)28-18(13)21/h3-4,9-10,14H,5-8,11H2,1-2H3,(H,22,24). The van der Waals surface area contributed by atoms with Crippen LogP contribution in [-0.4, -0.2) is 57.9 Å². The number of morpholine rings is 1. The summed E-state index contributed by atoms with van der Waals surface area (Å²) in [7, 11) is 3.21. The fourth-order valence-corrected chi connectivity index (χ4v) is 4.64. The predicted molar refractivity (Wildman–Crippen MR) is 111 cm³/mol. The molecular formula is C19H22Cl2N2O4S. The number of rotatable bonds is 7. The van der Waals surface area contributed by atoms with Gasteiger partial charge in [-0.2, -0.15) is 0 Å². The molecule has 0 aliphatic carbocycles. The molecule has 1 fully saturated rings. The lowest BCUT2D eigenvalue weighted by molar-refractivity contribution is 0.0162. The first-order valence-corrected chi connectivity index (χ1v) is 10.4. The Bertz CT molecular complexity index is 824. The van der Waals surface area contributed by atoms with Crippen LogP contribution in [0.3, 0.4) is 0 Å². The first-order valence-electron chi connectivity index (χ1n) is 8.80. The third kappa shape index (κ3) is 4.90. The van der Waals surface area contributed by atoms with E-state index in [0.29, 0.717) is 45.5 Å². The van der Waals surface area contributed by atoms with Gasteiger partial charge >= 0.3 is 0 Å². The molecule has 1 atom stereocenters. The number of carbonyl (C=O) groups is 1. The van der Waals surface area contributed by atoms with Crippen LogP contribution in [0.25, 0.3) is 0 Å². The second-order valence-electron chi connectivity index (χ2n) is 6.23. The molecule has 0 spiro atoms. The zero-order valence-corrected chi connectivity index (χ0v) is 18.0. The summed E-state index contributed by atoms with van der Waals surface area (Å²) in [6.07, 6.45) is 0. The lowest BCUT2D eigenvalue weighted by Gasteiger charge is -2.35. The average molecular weight is 445 g/mol. The Morgan fingerprint density at radius 3 is 2.54 bits per heavy atom. The van der Waals surface area contributed by atoms with Gasteiger partial charge < -0.3 is 19.5 Å². The van der Waals surface area contributed by atoms with E-state index in [1.165, 1.54) is 11.3 Å². The van der Waals surface area contributed by atoms with Gasteiger partial charge in [-0.15, -0.1) is 11.3 Å². The van der Waals surface area contributed by atoms with Gasteiger partial charge in [0.1, 0.15) is 4.34 Å². The highest BCUT2D eigenvalue weighted by atomic mass is 35.5. The van der Waals surface area contributed by atoms with Gasteiger partial charge in [0.05, 0.1) is 43.4 Å². The summed E-state index contributed by atoms with van der Waals surface area (Å²) in [5.74, 6) is 1.07. The van der Waals surface area contributed by atoms with Crippen molar-refractivity contribution in [3.05, 3.63) is 44.1 Å². The fourth-order valence-electron chi connectivity index (χ4n) is 3.19. The van der Waals surface area contributed by atoms with E-state index in [-0.39, 0.29) is 11.9 Å². The first-order chi connectivity index (χ1) is 13.5. The van der Waals surface area contributed by atoms with Crippen molar-refractivity contribution in [2.75, 3.05) is 47.1 Å². The van der Waals surface area contributed by atoms with Crippen LogP contribution < -0.4 is 14.8 Å². The molecule has 3 rings (SSSR count). The third-order valence-corrected chi connectivity index (χ3v) is 6.12. The first kappa shape index (κ1) is 21.2. The molecule has 1 N–H and O–H groups in total. The molecule has 1 aromatic heterocycles. The number of hydrogen-bond acceptors (Lipinski definition) is 6. The van der Waals surface area contributed by atoms with Crippen molar-refractivity contribution in [3.63, 3.8) is 0 Å². The highest BCUT2D eigenvalue weighted by molar-refractivity contribution is 7.20. The Balaban J connectivity index is 1.81. The molecule has 2 aromatic rings. The summed E-state index contributed by atoms with van der Waals surface area (Å²) in [6, 6.07) is 7.35. The molecule has 0 radical (unpaired) electrons. The Kier molecular flexibility index (Phi) is 7.42. The van der Waals surface area contributed by atoms with Gasteiger partial charge in [0.2, 0.25) is 0 Å². The van der Waals surface area contributed by atoms with Crippen LogP contribution in [0.5, 0.6) is 11.5 Å². The predicted octanol–water partition coefficient (Wildman–Crippen LogP) is 3.88. The Morgan fingerprint density at radius 2 is 1.93 bits per heavy atom. The molecule has 1 aliphatic heterocycles. The summed E-state index contributed by atoms with van der Waals surface area (Å²) in [4.78, 5) is 14.9. The Hall–Kier alpha value is -1.51. The summed E-state index contributed by atoms with van der Waals surface area (Å²) in [5, 5.41) is 2.99. The van der Waals surface area contributed by atoms with E-state index >= 15 is 0 Å². The van der Waals surface area contributed by atoms with Crippen LogP contribution >= 0.6 is 34.5 Å². The zero-order chi connectivity index (χ0) is 20.1. The van der Waals surface area contributed by atoms with Gasteiger partial charge in [-0.3, -0.25) is 9.69 Å². The van der Waals surface area contributed by atoms with Gasteiger partial charge in [-0.05, 0) is 23.8 Å². The van der Waals surface area contributed by atoms with Crippen LogP contribution in [0.15, 0.2) is 24.3 Å². The van der Waals surface area contributed by atoms with E-state index < -0.39 is 0 Å². The molecule has 1 saturated heterocycles. The van der Waals surface area contributed by atoms with Gasteiger partial charge in [0, 0.05) is 19.6 Å². The third-order valence-electron chi connectivity index (χ3n) is 4.64. The van der Waals surface area contributed by atoms with Crippen molar-refractivity contribution in [2.24, 2.45) is 0 Å². The normalized spacial score (nSPS) is 15.9. The van der Waals surface area contributed by atoms with Crippen molar-refractivity contribution >= 4 is 40.4 Å². The Labute approximate surface area is 178 Å². The number of hydrogen-bond donors (Lipinski definition) is 1. The van der Waals surface area contributed by atoms with E-state index in [4.69, 9.17) is 37.4 Å². The largest absolute Gasteiger partial charge is 0.493 e. The van der Waals surface area contributed by atoms with Gasteiger partial charge in [-0.1, -0.05) is 29.3 Å². The molecule has 2 heterocycles. The maximum atomic E-state index is 12.6. The maximum absolute atomic E-state index is 12.6. The van der Waals surface area contributed by atoms with Crippen molar-refractivity contribution in [2.45, 2.75) is 6.04 Å². The molecule has 0 bridgehead atoms. The molecule has 9 heteroatoms. The molecular weight excluding hydrogens is 423 g/mol. The second-order valence-corrected chi connectivity index (χ2v) is 8.51. The molecule has 1 aromatic carbocycles. The van der Waals surface area contributed by atoms with Gasteiger partial charge in [-0.25, -0.2) is 0 Å². The van der Waals surface area contributed by atoms with Gasteiger partial charge in [0.25, 0.3) is 5.91 Å². The van der Waals surface area contributed by atoms with Crippen LogP contribution in [0.4, 0.5) is 0 Å². The number of carbonyl (C=O) groups excluding carboxylic acids is 1. The number of nitrogens with one attached hydrogen (secondary N) is 1. The lowest BCUT2D eigenvalue weighted by atomic mass is 10.0. The fraction of sp³-hybridized carbons (Fsp3) is 0.421. The Morgan fingerprint density at radius 1 is 1.21 bits per heavy atom. The van der Waals surface area contributed by atoms with E-state index in [0.717, 1.165) is 18.7 Å². The number of nitrogens with zero attached hydrogens (tertiary/aromatic N) is 1. The van der Waals surface area contributed by atoms with Crippen LogP contribution in [0.1, 0.15) is 22.0 Å². The lowest BCUT2D eigenvalue weighted by Crippen LogP contribution is -2.43. The van der Waals surface area contributed by atoms with E-state index in [1.807, 2.05) is 18.2 Å². The number of benzene rings is 1. The van der Waals surface area contributed by atoms with Crippen molar-refractivity contribution < 1.29 is 19.0 Å². The number of amides is 1. The van der Waals surface area contributed by atoms with E-state index in [9.17, 15) is 4.79 Å². The van der Waals surface area contributed by atoms with Crippen LogP contribution in [-0.2, 0) is 4.74 Å². The average Bonchev–Trinajstić information content (AvgIpc) is 3.06. The zero-order valence-electron chi connectivity index (χ0n) is 15.7. The van der Waals surface area contributed by atoms with Gasteiger partial charge in [0.15, 0.2) is 11.5 Å². The summed E-state index contributed by atoms with van der Waals surface area (Å²) >= 11 is 13.2. The molecule has 1 unspecified atom stereocenters. The quantitative estimate of drug-likeness (QED) is 0.701. The van der Waals surface area contributed by atoms with Crippen molar-refractivity contribution in [1.82, 2.24) is 10.2 Å². The smallest absolute Gasteiger partial charge is 0.253 e. The SMILES string of the molecule is COc1ccc(C(CNC(=O)c2cc(Cl)sc2Cl)N2CCOCC2)cc1OC. The second kappa shape index (κ2) is 9.80. The minimum Gasteiger partial charge on any atom is -0.493 e. The number of halogens is 2. The molecule has 152 valence electrons. The number of ether oxygens (including phenoxy) is 3. The molecule has 1 amide bonds.